The number of hydrogen-bond acceptors (Lipinski definition) is 8. The van der Waals surface area contributed by atoms with Crippen LogP contribution in [0.2, 0.25) is 10.0 Å². The van der Waals surface area contributed by atoms with E-state index in [0.29, 0.717) is 73.4 Å². The fourth-order valence-electron chi connectivity index (χ4n) is 7.72. The van der Waals surface area contributed by atoms with Gasteiger partial charge in [0.25, 0.3) is 5.91 Å². The van der Waals surface area contributed by atoms with Gasteiger partial charge in [-0.3, -0.25) is 14.5 Å². The van der Waals surface area contributed by atoms with Crippen LogP contribution >= 0.6 is 23.2 Å². The van der Waals surface area contributed by atoms with Crippen LogP contribution in [0.25, 0.3) is 11.1 Å². The van der Waals surface area contributed by atoms with Crippen LogP contribution in [0.15, 0.2) is 42.5 Å². The van der Waals surface area contributed by atoms with Crippen LogP contribution in [0, 0.1) is 11.7 Å². The van der Waals surface area contributed by atoms with Crippen LogP contribution in [-0.4, -0.2) is 71.6 Å². The molecular weight excluding hydrogens is 708 g/mol. The average Bonchev–Trinajstić information content (AvgIpc) is 3.87. The minimum atomic E-state index is -0.597. The van der Waals surface area contributed by atoms with Crippen molar-refractivity contribution in [2.75, 3.05) is 45.7 Å². The van der Waals surface area contributed by atoms with E-state index in [-0.39, 0.29) is 41.2 Å². The van der Waals surface area contributed by atoms with E-state index in [1.54, 1.807) is 12.1 Å². The molecule has 1 fully saturated rings. The zero-order chi connectivity index (χ0) is 36.7. The van der Waals surface area contributed by atoms with E-state index >= 15 is 4.39 Å². The number of rotatable bonds is 10. The van der Waals surface area contributed by atoms with Gasteiger partial charge in [0.15, 0.2) is 11.6 Å². The highest BCUT2D eigenvalue weighted by Gasteiger charge is 2.33. The van der Waals surface area contributed by atoms with Crippen LogP contribution in [0.5, 0.6) is 11.5 Å². The van der Waals surface area contributed by atoms with E-state index in [4.69, 9.17) is 37.4 Å². The van der Waals surface area contributed by atoms with Gasteiger partial charge in [0.1, 0.15) is 22.6 Å². The second kappa shape index (κ2) is 15.1. The van der Waals surface area contributed by atoms with E-state index < -0.39 is 5.82 Å². The summed E-state index contributed by atoms with van der Waals surface area (Å²) in [6, 6.07) is 13.2. The number of likely N-dealkylation sites (tertiary alicyclic amines) is 1. The second-order valence-electron chi connectivity index (χ2n) is 13.7. The molecule has 13 heteroatoms. The van der Waals surface area contributed by atoms with Gasteiger partial charge in [-0.1, -0.05) is 53.5 Å². The van der Waals surface area contributed by atoms with Crippen molar-refractivity contribution < 1.29 is 28.2 Å². The highest BCUT2D eigenvalue weighted by atomic mass is 35.5. The zero-order valence-electron chi connectivity index (χ0n) is 29.7. The molecular formula is C39H42Cl2FN5O5. The van der Waals surface area contributed by atoms with Gasteiger partial charge in [-0.05, 0) is 62.5 Å². The number of anilines is 1. The Kier molecular flexibility index (Phi) is 10.5. The summed E-state index contributed by atoms with van der Waals surface area (Å²) in [7, 11) is 5.30. The molecule has 1 N–H and O–H groups in total. The number of benzene rings is 3. The Bertz CT molecular complexity index is 2040. The number of nitrogens with zero attached hydrogens (tertiary/aromatic N) is 4. The van der Waals surface area contributed by atoms with Crippen molar-refractivity contribution in [2.24, 2.45) is 13.0 Å². The zero-order valence-corrected chi connectivity index (χ0v) is 31.2. The van der Waals surface area contributed by atoms with Crippen molar-refractivity contribution in [3.05, 3.63) is 92.2 Å². The largest absolute Gasteiger partial charge is 0.493 e. The number of carbonyl (C=O) groups excluding carboxylic acids is 2. The van der Waals surface area contributed by atoms with Crippen LogP contribution in [-0.2, 0) is 42.5 Å². The Morgan fingerprint density at radius 1 is 1.02 bits per heavy atom. The van der Waals surface area contributed by atoms with Crippen molar-refractivity contribution in [3.8, 4) is 22.6 Å². The Labute approximate surface area is 312 Å². The number of likely N-dealkylation sites (N-methyl/N-ethyl adjacent to an activating group) is 1. The minimum Gasteiger partial charge on any atom is -0.493 e. The number of nitrogens with one attached hydrogen (secondary N) is 1. The topological polar surface area (TPSA) is 98.2 Å². The van der Waals surface area contributed by atoms with Crippen molar-refractivity contribution >= 4 is 40.8 Å². The molecule has 0 spiro atoms. The molecule has 0 bridgehead atoms. The summed E-state index contributed by atoms with van der Waals surface area (Å²) in [4.78, 5) is 34.4. The number of ether oxygens (including phenoxy) is 3. The Morgan fingerprint density at radius 3 is 2.60 bits per heavy atom. The average molecular weight is 751 g/mol. The Morgan fingerprint density at radius 2 is 1.81 bits per heavy atom. The molecule has 1 aromatic heterocycles. The monoisotopic (exact) mass is 749 g/mol. The number of halogens is 3. The van der Waals surface area contributed by atoms with Gasteiger partial charge in [0.05, 0.1) is 36.0 Å². The van der Waals surface area contributed by atoms with Crippen LogP contribution in [0.1, 0.15) is 64.6 Å². The summed E-state index contributed by atoms with van der Waals surface area (Å²) >= 11 is 13.7. The molecule has 2 atom stereocenters. The number of carbonyl (C=O) groups is 2. The molecule has 0 saturated carbocycles. The third kappa shape index (κ3) is 6.87. The number of fused-ring (bicyclic) bond motifs is 2. The molecule has 274 valence electrons. The maximum absolute atomic E-state index is 16.0. The fourth-order valence-corrected chi connectivity index (χ4v) is 8.20. The van der Waals surface area contributed by atoms with E-state index in [0.717, 1.165) is 46.6 Å². The lowest BCUT2D eigenvalue weighted by molar-refractivity contribution is -0.144. The first-order chi connectivity index (χ1) is 25.1. The highest BCUT2D eigenvalue weighted by molar-refractivity contribution is 6.36. The first-order valence-electron chi connectivity index (χ1n) is 17.6. The normalized spacial score (nSPS) is 18.6. The standard InChI is InChI=1S/C39H42Cl2FN5O5/c1-5-51-32-18-33(35(41)36(42)27(32)20-47-17-14-22(19-47)39(49)50-4)52-31-13-12-24-23(8-6-9-25(24)31)26-10-7-11-28(34(26)40)44-38(48)37-43-29-21-45(2)16-15-30(29)46(37)3/h6-11,18,22,31H,5,12-17,19-21H2,1-4H3,(H,44,48). The fraction of sp³-hybridized carbons (Fsp3) is 0.410. The quantitative estimate of drug-likeness (QED) is 0.170. The van der Waals surface area contributed by atoms with Crippen molar-refractivity contribution in [1.29, 1.82) is 0 Å². The van der Waals surface area contributed by atoms with Gasteiger partial charge < -0.3 is 29.0 Å². The summed E-state index contributed by atoms with van der Waals surface area (Å²) in [6.07, 6.45) is 2.43. The van der Waals surface area contributed by atoms with Crippen LogP contribution < -0.4 is 14.8 Å². The summed E-state index contributed by atoms with van der Waals surface area (Å²) in [5.74, 6) is -0.517. The van der Waals surface area contributed by atoms with Gasteiger partial charge in [-0.2, -0.15) is 0 Å². The molecule has 2 unspecified atom stereocenters. The lowest BCUT2D eigenvalue weighted by atomic mass is 9.96. The van der Waals surface area contributed by atoms with E-state index in [9.17, 15) is 9.59 Å². The molecule has 3 aromatic carbocycles. The number of imidazole rings is 1. The molecule has 2 aliphatic heterocycles. The third-order valence-corrected chi connectivity index (χ3v) is 11.2. The summed E-state index contributed by atoms with van der Waals surface area (Å²) < 4.78 is 35.1. The number of aromatic nitrogens is 2. The van der Waals surface area contributed by atoms with Crippen LogP contribution in [0.4, 0.5) is 10.1 Å². The smallest absolute Gasteiger partial charge is 0.310 e. The number of hydrogen-bond donors (Lipinski definition) is 1. The molecule has 7 rings (SSSR count). The minimum absolute atomic E-state index is 0.112. The van der Waals surface area contributed by atoms with Crippen molar-refractivity contribution in [1.82, 2.24) is 19.4 Å². The summed E-state index contributed by atoms with van der Waals surface area (Å²) in [5.41, 5.74) is 6.54. The Balaban J connectivity index is 1.11. The first kappa shape index (κ1) is 36.2. The van der Waals surface area contributed by atoms with Gasteiger partial charge in [-0.15, -0.1) is 0 Å². The van der Waals surface area contributed by atoms with Gasteiger partial charge in [-0.25, -0.2) is 9.37 Å². The molecule has 4 aromatic rings. The molecule has 0 radical (unpaired) electrons. The van der Waals surface area contributed by atoms with E-state index in [1.807, 2.05) is 60.8 Å². The Hall–Kier alpha value is -4.16. The summed E-state index contributed by atoms with van der Waals surface area (Å²) in [6.45, 7) is 5.13. The highest BCUT2D eigenvalue weighted by Crippen LogP contribution is 2.46. The van der Waals surface area contributed by atoms with Crippen LogP contribution in [0.3, 0.4) is 0 Å². The molecule has 1 amide bonds. The molecule has 3 aliphatic rings. The predicted molar refractivity (Wildman–Crippen MR) is 198 cm³/mol. The second-order valence-corrected chi connectivity index (χ2v) is 14.4. The molecule has 10 nitrogen and oxygen atoms in total. The summed E-state index contributed by atoms with van der Waals surface area (Å²) in [5, 5.41) is 3.30. The maximum atomic E-state index is 16.0. The van der Waals surface area contributed by atoms with Crippen molar-refractivity contribution in [3.63, 3.8) is 0 Å². The van der Waals surface area contributed by atoms with Crippen molar-refractivity contribution in [2.45, 2.75) is 51.8 Å². The van der Waals surface area contributed by atoms with Gasteiger partial charge >= 0.3 is 5.97 Å². The SMILES string of the molecule is CCOc1cc(OC2CCc3c(-c4cccc(NC(=O)c5nc6c(n5C)CCN(C)C6)c4Cl)cccc32)c(Cl)c(F)c1CN1CCC(C(=O)OC)C1. The third-order valence-electron chi connectivity index (χ3n) is 10.4. The lowest BCUT2D eigenvalue weighted by Gasteiger charge is -2.22. The molecule has 1 saturated heterocycles. The lowest BCUT2D eigenvalue weighted by Crippen LogP contribution is -2.27. The number of methoxy groups -OCH3 is 1. The van der Waals surface area contributed by atoms with Gasteiger partial charge in [0, 0.05) is 62.5 Å². The number of amides is 1. The molecule has 3 heterocycles. The van der Waals surface area contributed by atoms with Gasteiger partial charge in [0.2, 0.25) is 0 Å². The van der Waals surface area contributed by atoms with E-state index in [1.165, 1.54) is 7.11 Å². The molecule has 1 aliphatic carbocycles. The maximum Gasteiger partial charge on any atom is 0.310 e. The predicted octanol–water partition coefficient (Wildman–Crippen LogP) is 7.23. The van der Waals surface area contributed by atoms with E-state index in [2.05, 4.69) is 15.2 Å². The number of esters is 1. The first-order valence-corrected chi connectivity index (χ1v) is 18.4. The molecule has 52 heavy (non-hydrogen) atoms.